The van der Waals surface area contributed by atoms with Crippen molar-refractivity contribution in [2.45, 2.75) is 38.4 Å². The van der Waals surface area contributed by atoms with Gasteiger partial charge in [0.25, 0.3) is 0 Å². The van der Waals surface area contributed by atoms with Gasteiger partial charge in [-0.15, -0.1) is 0 Å². The Morgan fingerprint density at radius 1 is 1.38 bits per heavy atom. The van der Waals surface area contributed by atoms with Crippen LogP contribution in [0.15, 0.2) is 23.1 Å². The molecule has 0 aromatic carbocycles. The molecule has 1 aliphatic heterocycles. The van der Waals surface area contributed by atoms with Crippen LogP contribution in [0.5, 0.6) is 0 Å². The predicted octanol–water partition coefficient (Wildman–Crippen LogP) is 1.52. The van der Waals surface area contributed by atoms with Gasteiger partial charge in [-0.3, -0.25) is 4.98 Å². The summed E-state index contributed by atoms with van der Waals surface area (Å²) in [5, 5.41) is 3.53. The molecule has 2 aromatic rings. The molecular formula is C15H21N5O3S. The smallest absolute Gasteiger partial charge is 0.227 e. The van der Waals surface area contributed by atoms with Crippen LogP contribution in [-0.4, -0.2) is 51.2 Å². The van der Waals surface area contributed by atoms with Crippen LogP contribution in [0, 0.1) is 5.92 Å². The summed E-state index contributed by atoms with van der Waals surface area (Å²) in [7, 11) is -3.21. The first-order chi connectivity index (χ1) is 11.5. The molecule has 9 heteroatoms. The van der Waals surface area contributed by atoms with Gasteiger partial charge in [0, 0.05) is 31.9 Å². The number of sulfonamides is 1. The topological polar surface area (TPSA) is 102 Å². The minimum absolute atomic E-state index is 0.183. The SMILES string of the molecule is CC(C)S(=O)(=O)N1CCCC(Cc2nc(-c3cnccn3)no2)C1. The molecule has 1 saturated heterocycles. The molecule has 3 heterocycles. The summed E-state index contributed by atoms with van der Waals surface area (Å²) < 4.78 is 31.5. The first-order valence-corrected chi connectivity index (χ1v) is 9.55. The van der Waals surface area contributed by atoms with Crippen molar-refractivity contribution >= 4 is 10.0 Å². The first kappa shape index (κ1) is 17.0. The number of piperidine rings is 1. The maximum absolute atomic E-state index is 12.3. The summed E-state index contributed by atoms with van der Waals surface area (Å²) in [6, 6.07) is 0. The fraction of sp³-hybridized carbons (Fsp3) is 0.600. The molecule has 1 fully saturated rings. The summed E-state index contributed by atoms with van der Waals surface area (Å²) in [5.74, 6) is 1.09. The Balaban J connectivity index is 1.67. The Hall–Kier alpha value is -1.87. The van der Waals surface area contributed by atoms with E-state index in [1.54, 1.807) is 36.7 Å². The second kappa shape index (κ2) is 6.94. The summed E-state index contributed by atoms with van der Waals surface area (Å²) in [4.78, 5) is 12.5. The van der Waals surface area contributed by atoms with Crippen LogP contribution in [0.2, 0.25) is 0 Å². The van der Waals surface area contributed by atoms with E-state index in [1.165, 1.54) is 0 Å². The highest BCUT2D eigenvalue weighted by molar-refractivity contribution is 7.89. The maximum Gasteiger partial charge on any atom is 0.227 e. The molecule has 0 aliphatic carbocycles. The molecule has 0 spiro atoms. The van der Waals surface area contributed by atoms with Crippen LogP contribution in [0.25, 0.3) is 11.5 Å². The van der Waals surface area contributed by atoms with Crippen molar-refractivity contribution in [1.82, 2.24) is 24.4 Å². The average Bonchev–Trinajstić information content (AvgIpc) is 3.04. The van der Waals surface area contributed by atoms with Crippen molar-refractivity contribution < 1.29 is 12.9 Å². The Morgan fingerprint density at radius 3 is 2.92 bits per heavy atom. The molecule has 3 rings (SSSR count). The van der Waals surface area contributed by atoms with Gasteiger partial charge in [-0.2, -0.15) is 4.98 Å². The van der Waals surface area contributed by atoms with Crippen molar-refractivity contribution in [2.75, 3.05) is 13.1 Å². The highest BCUT2D eigenvalue weighted by Crippen LogP contribution is 2.24. The number of hydrogen-bond donors (Lipinski definition) is 0. The van der Waals surface area contributed by atoms with Crippen LogP contribution >= 0.6 is 0 Å². The monoisotopic (exact) mass is 351 g/mol. The van der Waals surface area contributed by atoms with E-state index in [9.17, 15) is 8.42 Å². The van der Waals surface area contributed by atoms with E-state index in [-0.39, 0.29) is 5.92 Å². The number of nitrogens with zero attached hydrogens (tertiary/aromatic N) is 5. The van der Waals surface area contributed by atoms with E-state index in [1.807, 2.05) is 0 Å². The minimum atomic E-state index is -3.21. The lowest BCUT2D eigenvalue weighted by Gasteiger charge is -2.32. The summed E-state index contributed by atoms with van der Waals surface area (Å²) in [6.45, 7) is 4.52. The summed E-state index contributed by atoms with van der Waals surface area (Å²) in [6.07, 6.45) is 7.09. The lowest BCUT2D eigenvalue weighted by Crippen LogP contribution is -2.43. The van der Waals surface area contributed by atoms with E-state index in [0.717, 1.165) is 12.8 Å². The van der Waals surface area contributed by atoms with Crippen molar-refractivity contribution in [2.24, 2.45) is 5.92 Å². The van der Waals surface area contributed by atoms with Crippen LogP contribution in [0.3, 0.4) is 0 Å². The molecule has 24 heavy (non-hydrogen) atoms. The molecule has 0 N–H and O–H groups in total. The third-order valence-corrected chi connectivity index (χ3v) is 6.40. The van der Waals surface area contributed by atoms with Gasteiger partial charge in [0.05, 0.1) is 11.4 Å². The Morgan fingerprint density at radius 2 is 2.21 bits per heavy atom. The molecular weight excluding hydrogens is 330 g/mol. The molecule has 1 aliphatic rings. The lowest BCUT2D eigenvalue weighted by atomic mass is 9.96. The van der Waals surface area contributed by atoms with Crippen LogP contribution in [-0.2, 0) is 16.4 Å². The van der Waals surface area contributed by atoms with Gasteiger partial charge in [0.2, 0.25) is 21.7 Å². The lowest BCUT2D eigenvalue weighted by molar-refractivity contribution is 0.246. The van der Waals surface area contributed by atoms with Gasteiger partial charge in [-0.05, 0) is 32.6 Å². The van der Waals surface area contributed by atoms with Gasteiger partial charge in [0.1, 0.15) is 5.69 Å². The molecule has 1 atom stereocenters. The van der Waals surface area contributed by atoms with Gasteiger partial charge in [-0.1, -0.05) is 5.16 Å². The molecule has 0 amide bonds. The molecule has 8 nitrogen and oxygen atoms in total. The van der Waals surface area contributed by atoms with Gasteiger partial charge in [0.15, 0.2) is 0 Å². The van der Waals surface area contributed by atoms with Crippen LogP contribution < -0.4 is 0 Å². The fourth-order valence-electron chi connectivity index (χ4n) is 2.83. The van der Waals surface area contributed by atoms with Crippen molar-refractivity contribution in [1.29, 1.82) is 0 Å². The molecule has 1 unspecified atom stereocenters. The third kappa shape index (κ3) is 3.62. The average molecular weight is 351 g/mol. The van der Waals surface area contributed by atoms with Crippen LogP contribution in [0.4, 0.5) is 0 Å². The number of aromatic nitrogens is 4. The highest BCUT2D eigenvalue weighted by Gasteiger charge is 2.31. The Bertz CT molecular complexity index is 775. The van der Waals surface area contributed by atoms with Crippen molar-refractivity contribution in [3.8, 4) is 11.5 Å². The molecule has 0 bridgehead atoms. The van der Waals surface area contributed by atoms with Gasteiger partial charge in [-0.25, -0.2) is 17.7 Å². The Labute approximate surface area is 141 Å². The molecule has 0 saturated carbocycles. The minimum Gasteiger partial charge on any atom is -0.339 e. The largest absolute Gasteiger partial charge is 0.339 e. The standard InChI is InChI=1S/C15H21N5O3S/c1-11(2)24(21,22)20-7-3-4-12(10-20)8-14-18-15(19-23-14)13-9-16-5-6-17-13/h5-6,9,11-12H,3-4,7-8,10H2,1-2H3. The zero-order valence-electron chi connectivity index (χ0n) is 13.8. The molecule has 2 aromatic heterocycles. The number of rotatable bonds is 5. The fourth-order valence-corrected chi connectivity index (χ4v) is 4.22. The Kier molecular flexibility index (Phi) is 4.91. The maximum atomic E-state index is 12.3. The van der Waals surface area contributed by atoms with Crippen molar-refractivity contribution in [3.05, 3.63) is 24.5 Å². The molecule has 0 radical (unpaired) electrons. The van der Waals surface area contributed by atoms with Gasteiger partial charge < -0.3 is 4.52 Å². The normalized spacial score (nSPS) is 19.7. The number of hydrogen-bond acceptors (Lipinski definition) is 7. The summed E-state index contributed by atoms with van der Waals surface area (Å²) in [5.41, 5.74) is 0.556. The van der Waals surface area contributed by atoms with E-state index < -0.39 is 15.3 Å². The van der Waals surface area contributed by atoms with E-state index in [4.69, 9.17) is 4.52 Å². The highest BCUT2D eigenvalue weighted by atomic mass is 32.2. The van der Waals surface area contributed by atoms with E-state index in [2.05, 4.69) is 20.1 Å². The third-order valence-electron chi connectivity index (χ3n) is 4.16. The van der Waals surface area contributed by atoms with E-state index in [0.29, 0.717) is 36.9 Å². The second-order valence-corrected chi connectivity index (χ2v) is 8.76. The van der Waals surface area contributed by atoms with E-state index >= 15 is 0 Å². The van der Waals surface area contributed by atoms with Gasteiger partial charge >= 0.3 is 0 Å². The second-order valence-electron chi connectivity index (χ2n) is 6.27. The predicted molar refractivity (Wildman–Crippen MR) is 87.4 cm³/mol. The molecule has 130 valence electrons. The zero-order chi connectivity index (χ0) is 17.2. The summed E-state index contributed by atoms with van der Waals surface area (Å²) >= 11 is 0. The first-order valence-electron chi connectivity index (χ1n) is 8.04. The van der Waals surface area contributed by atoms with Crippen LogP contribution in [0.1, 0.15) is 32.6 Å². The quantitative estimate of drug-likeness (QED) is 0.804. The van der Waals surface area contributed by atoms with Crippen molar-refractivity contribution in [3.63, 3.8) is 0 Å². The zero-order valence-corrected chi connectivity index (χ0v) is 14.6.